The minimum absolute atomic E-state index is 0.136. The number of rotatable bonds is 12. The van der Waals surface area contributed by atoms with Crippen LogP contribution in [0.3, 0.4) is 0 Å². The van der Waals surface area contributed by atoms with Gasteiger partial charge in [-0.1, -0.05) is 33.3 Å². The molecular formula is C19H33NO3. The van der Waals surface area contributed by atoms with Crippen molar-refractivity contribution >= 4 is 0 Å². The largest absolute Gasteiger partial charge is 0.490 e. The van der Waals surface area contributed by atoms with Gasteiger partial charge in [0.2, 0.25) is 0 Å². The molecule has 0 bridgehead atoms. The maximum absolute atomic E-state index is 10.1. The molecule has 0 spiro atoms. The van der Waals surface area contributed by atoms with Gasteiger partial charge in [0.15, 0.2) is 11.5 Å². The van der Waals surface area contributed by atoms with Gasteiger partial charge in [-0.15, -0.1) is 0 Å². The number of benzene rings is 1. The summed E-state index contributed by atoms with van der Waals surface area (Å²) in [6, 6.07) is 5.90. The summed E-state index contributed by atoms with van der Waals surface area (Å²) in [7, 11) is 0. The van der Waals surface area contributed by atoms with E-state index in [9.17, 15) is 5.11 Å². The zero-order chi connectivity index (χ0) is 17.1. The quantitative estimate of drug-likeness (QED) is 0.616. The van der Waals surface area contributed by atoms with E-state index in [1.807, 2.05) is 18.2 Å². The first-order chi connectivity index (χ1) is 11.1. The molecule has 0 fully saturated rings. The fraction of sp³-hybridized carbons (Fsp3) is 0.684. The summed E-state index contributed by atoms with van der Waals surface area (Å²) in [5.41, 5.74) is 7.11. The van der Waals surface area contributed by atoms with Crippen molar-refractivity contribution in [2.45, 2.75) is 71.4 Å². The Kier molecular flexibility index (Phi) is 9.72. The van der Waals surface area contributed by atoms with Crippen LogP contribution in [-0.2, 0) is 6.42 Å². The highest BCUT2D eigenvalue weighted by Crippen LogP contribution is 2.29. The lowest BCUT2D eigenvalue weighted by molar-refractivity contribution is 0.131. The van der Waals surface area contributed by atoms with E-state index >= 15 is 0 Å². The number of hydrogen-bond acceptors (Lipinski definition) is 4. The molecule has 1 rings (SSSR count). The van der Waals surface area contributed by atoms with Crippen LogP contribution in [0.4, 0.5) is 0 Å². The number of nitrogens with two attached hydrogens (primary N) is 1. The predicted molar refractivity (Wildman–Crippen MR) is 95.2 cm³/mol. The molecule has 0 amide bonds. The van der Waals surface area contributed by atoms with Crippen molar-refractivity contribution in [2.75, 3.05) is 13.2 Å². The van der Waals surface area contributed by atoms with E-state index in [-0.39, 0.29) is 6.04 Å². The summed E-state index contributed by atoms with van der Waals surface area (Å²) >= 11 is 0. The van der Waals surface area contributed by atoms with Gasteiger partial charge < -0.3 is 20.3 Å². The lowest BCUT2D eigenvalue weighted by Crippen LogP contribution is -2.34. The third-order valence-corrected chi connectivity index (χ3v) is 3.78. The van der Waals surface area contributed by atoms with Crippen LogP contribution < -0.4 is 15.2 Å². The van der Waals surface area contributed by atoms with Crippen molar-refractivity contribution in [1.29, 1.82) is 0 Å². The fourth-order valence-corrected chi connectivity index (χ4v) is 2.42. The van der Waals surface area contributed by atoms with Gasteiger partial charge in [0.05, 0.1) is 19.3 Å². The summed E-state index contributed by atoms with van der Waals surface area (Å²) in [5, 5.41) is 10.1. The summed E-state index contributed by atoms with van der Waals surface area (Å²) in [4.78, 5) is 0. The smallest absolute Gasteiger partial charge is 0.161 e. The van der Waals surface area contributed by atoms with E-state index in [4.69, 9.17) is 15.2 Å². The van der Waals surface area contributed by atoms with Gasteiger partial charge in [-0.2, -0.15) is 0 Å². The van der Waals surface area contributed by atoms with Crippen LogP contribution in [0.5, 0.6) is 11.5 Å². The second kappa shape index (κ2) is 11.3. The minimum Gasteiger partial charge on any atom is -0.490 e. The van der Waals surface area contributed by atoms with Crippen LogP contribution in [0.1, 0.15) is 58.4 Å². The van der Waals surface area contributed by atoms with Gasteiger partial charge in [0, 0.05) is 6.04 Å². The number of aryl methyl sites for hydroxylation is 1. The monoisotopic (exact) mass is 323 g/mol. The third-order valence-electron chi connectivity index (χ3n) is 3.78. The number of ether oxygens (including phenoxy) is 2. The summed E-state index contributed by atoms with van der Waals surface area (Å²) in [6.07, 6.45) is 4.79. The average Bonchev–Trinajstić information content (AvgIpc) is 2.56. The minimum atomic E-state index is -0.453. The topological polar surface area (TPSA) is 64.7 Å². The molecule has 132 valence electrons. The van der Waals surface area contributed by atoms with Crippen LogP contribution >= 0.6 is 0 Å². The first-order valence-corrected chi connectivity index (χ1v) is 8.94. The summed E-state index contributed by atoms with van der Waals surface area (Å²) in [6.45, 7) is 7.62. The van der Waals surface area contributed by atoms with Crippen molar-refractivity contribution in [3.05, 3.63) is 23.8 Å². The Morgan fingerprint density at radius 3 is 2.22 bits per heavy atom. The molecule has 0 saturated carbocycles. The lowest BCUT2D eigenvalue weighted by atomic mass is 9.99. The molecule has 0 aliphatic carbocycles. The van der Waals surface area contributed by atoms with E-state index in [2.05, 4.69) is 20.8 Å². The Morgan fingerprint density at radius 1 is 0.957 bits per heavy atom. The fourth-order valence-electron chi connectivity index (χ4n) is 2.42. The average molecular weight is 323 g/mol. The molecule has 1 aromatic carbocycles. The van der Waals surface area contributed by atoms with Crippen LogP contribution in [0.25, 0.3) is 0 Å². The lowest BCUT2D eigenvalue weighted by Gasteiger charge is -2.18. The number of aliphatic hydroxyl groups is 1. The van der Waals surface area contributed by atoms with Crippen molar-refractivity contribution in [2.24, 2.45) is 5.73 Å². The second-order valence-corrected chi connectivity index (χ2v) is 6.04. The molecule has 0 radical (unpaired) electrons. The molecule has 2 unspecified atom stereocenters. The molecule has 4 nitrogen and oxygen atoms in total. The van der Waals surface area contributed by atoms with E-state index in [1.165, 1.54) is 0 Å². The summed E-state index contributed by atoms with van der Waals surface area (Å²) in [5.74, 6) is 1.59. The molecule has 23 heavy (non-hydrogen) atoms. The van der Waals surface area contributed by atoms with Gasteiger partial charge in [0.25, 0.3) is 0 Å². The Bertz CT molecular complexity index is 437. The van der Waals surface area contributed by atoms with E-state index in [0.717, 1.165) is 49.2 Å². The normalized spacial score (nSPS) is 13.6. The zero-order valence-electron chi connectivity index (χ0n) is 14.9. The van der Waals surface area contributed by atoms with Crippen LogP contribution in [-0.4, -0.2) is 30.5 Å². The first-order valence-electron chi connectivity index (χ1n) is 8.94. The van der Waals surface area contributed by atoms with Crippen molar-refractivity contribution in [3.63, 3.8) is 0 Å². The molecule has 1 aromatic rings. The Hall–Kier alpha value is -1.26. The molecular weight excluding hydrogens is 290 g/mol. The van der Waals surface area contributed by atoms with E-state index < -0.39 is 6.10 Å². The standard InChI is InChI=1S/C19H33NO3/c1-4-7-16(20)17(21)10-8-15-9-11-18(22-12-5-2)19(14-15)23-13-6-3/h9,11,14,16-17,21H,4-8,10,12-13,20H2,1-3H3. The molecule has 0 aliphatic rings. The Labute approximate surface area is 141 Å². The molecule has 2 atom stereocenters. The van der Waals surface area contributed by atoms with Gasteiger partial charge in [-0.05, 0) is 49.8 Å². The molecule has 0 heterocycles. The van der Waals surface area contributed by atoms with Crippen molar-refractivity contribution < 1.29 is 14.6 Å². The second-order valence-electron chi connectivity index (χ2n) is 6.04. The van der Waals surface area contributed by atoms with Crippen LogP contribution in [0.2, 0.25) is 0 Å². The number of hydrogen-bond donors (Lipinski definition) is 2. The van der Waals surface area contributed by atoms with Crippen LogP contribution in [0, 0.1) is 0 Å². The van der Waals surface area contributed by atoms with Crippen molar-refractivity contribution in [3.8, 4) is 11.5 Å². The summed E-state index contributed by atoms with van der Waals surface area (Å²) < 4.78 is 11.5. The van der Waals surface area contributed by atoms with Crippen molar-refractivity contribution in [1.82, 2.24) is 0 Å². The highest BCUT2D eigenvalue weighted by Gasteiger charge is 2.14. The Morgan fingerprint density at radius 2 is 1.61 bits per heavy atom. The number of aliphatic hydroxyl groups excluding tert-OH is 1. The molecule has 0 saturated heterocycles. The highest BCUT2D eigenvalue weighted by atomic mass is 16.5. The SMILES string of the molecule is CCCOc1ccc(CCC(O)C(N)CCC)cc1OCCC. The van der Waals surface area contributed by atoms with E-state index in [0.29, 0.717) is 19.6 Å². The third kappa shape index (κ3) is 7.23. The van der Waals surface area contributed by atoms with E-state index in [1.54, 1.807) is 0 Å². The molecule has 0 aliphatic heterocycles. The maximum Gasteiger partial charge on any atom is 0.161 e. The molecule has 4 heteroatoms. The molecule has 0 aromatic heterocycles. The highest BCUT2D eigenvalue weighted by molar-refractivity contribution is 5.43. The van der Waals surface area contributed by atoms with Gasteiger partial charge in [-0.3, -0.25) is 0 Å². The first kappa shape index (κ1) is 19.8. The predicted octanol–water partition coefficient (Wildman–Crippen LogP) is 3.69. The Balaban J connectivity index is 2.67. The molecule has 3 N–H and O–H groups in total. The van der Waals surface area contributed by atoms with Crippen LogP contribution in [0.15, 0.2) is 18.2 Å². The van der Waals surface area contributed by atoms with Gasteiger partial charge in [0.1, 0.15) is 0 Å². The zero-order valence-corrected chi connectivity index (χ0v) is 14.9. The maximum atomic E-state index is 10.1. The van der Waals surface area contributed by atoms with Gasteiger partial charge >= 0.3 is 0 Å². The van der Waals surface area contributed by atoms with Gasteiger partial charge in [-0.25, -0.2) is 0 Å².